The minimum Gasteiger partial charge on any atom is -0.492 e. The van der Waals surface area contributed by atoms with E-state index in [0.29, 0.717) is 18.2 Å². The zero-order valence-electron chi connectivity index (χ0n) is 11.6. The third-order valence-corrected chi connectivity index (χ3v) is 3.41. The van der Waals surface area contributed by atoms with Crippen LogP contribution in [-0.4, -0.2) is 42.9 Å². The van der Waals surface area contributed by atoms with Gasteiger partial charge in [-0.15, -0.1) is 0 Å². The van der Waals surface area contributed by atoms with E-state index < -0.39 is 0 Å². The standard InChI is InChI=1S/C14H21N3O3/c1-10-13(6-8-19-10)16-7-9-20-12-4-2-11(3-5-12)14(15)17-18/h2-5,10,13,16,18H,6-9H2,1H3,(H2,15,17). The number of hydrogen-bond donors (Lipinski definition) is 3. The first-order valence-electron chi connectivity index (χ1n) is 6.76. The highest BCUT2D eigenvalue weighted by Crippen LogP contribution is 2.13. The molecule has 0 aliphatic carbocycles. The maximum absolute atomic E-state index is 8.57. The van der Waals surface area contributed by atoms with Gasteiger partial charge in [-0.2, -0.15) is 0 Å². The van der Waals surface area contributed by atoms with Crippen LogP contribution in [0.15, 0.2) is 29.4 Å². The molecule has 0 bridgehead atoms. The monoisotopic (exact) mass is 279 g/mol. The normalized spacial score (nSPS) is 22.9. The van der Waals surface area contributed by atoms with Crippen LogP contribution in [-0.2, 0) is 4.74 Å². The van der Waals surface area contributed by atoms with Gasteiger partial charge in [0.05, 0.1) is 6.10 Å². The van der Waals surface area contributed by atoms with Crippen molar-refractivity contribution in [3.8, 4) is 5.75 Å². The topological polar surface area (TPSA) is 89.1 Å². The zero-order valence-corrected chi connectivity index (χ0v) is 11.6. The van der Waals surface area contributed by atoms with Crippen molar-refractivity contribution in [1.82, 2.24) is 5.32 Å². The largest absolute Gasteiger partial charge is 0.492 e. The Morgan fingerprint density at radius 3 is 2.85 bits per heavy atom. The highest BCUT2D eigenvalue weighted by Gasteiger charge is 2.22. The van der Waals surface area contributed by atoms with Gasteiger partial charge in [0.2, 0.25) is 0 Å². The quantitative estimate of drug-likeness (QED) is 0.237. The predicted octanol–water partition coefficient (Wildman–Crippen LogP) is 0.927. The van der Waals surface area contributed by atoms with Crippen molar-refractivity contribution in [1.29, 1.82) is 0 Å². The summed E-state index contributed by atoms with van der Waals surface area (Å²) in [5, 5.41) is 14.9. The van der Waals surface area contributed by atoms with E-state index in [2.05, 4.69) is 17.4 Å². The fourth-order valence-electron chi connectivity index (χ4n) is 2.19. The molecule has 1 heterocycles. The van der Waals surface area contributed by atoms with Crippen LogP contribution in [0.4, 0.5) is 0 Å². The average Bonchev–Trinajstić information content (AvgIpc) is 2.89. The molecule has 2 unspecified atom stereocenters. The van der Waals surface area contributed by atoms with Crippen LogP contribution in [0.1, 0.15) is 18.9 Å². The van der Waals surface area contributed by atoms with Crippen LogP contribution in [0.5, 0.6) is 5.75 Å². The maximum atomic E-state index is 8.57. The molecule has 6 heteroatoms. The molecular weight excluding hydrogens is 258 g/mol. The Morgan fingerprint density at radius 1 is 1.50 bits per heavy atom. The molecule has 1 aliphatic heterocycles. The Kier molecular flexibility index (Phi) is 5.20. The third-order valence-electron chi connectivity index (χ3n) is 3.41. The van der Waals surface area contributed by atoms with Crippen LogP contribution in [0.3, 0.4) is 0 Å². The van der Waals surface area contributed by atoms with E-state index in [9.17, 15) is 0 Å². The highest BCUT2D eigenvalue weighted by atomic mass is 16.5. The first-order chi connectivity index (χ1) is 9.70. The van der Waals surface area contributed by atoms with E-state index >= 15 is 0 Å². The molecule has 0 aromatic heterocycles. The summed E-state index contributed by atoms with van der Waals surface area (Å²) in [5.41, 5.74) is 6.15. The summed E-state index contributed by atoms with van der Waals surface area (Å²) in [4.78, 5) is 0. The third kappa shape index (κ3) is 3.85. The lowest BCUT2D eigenvalue weighted by Gasteiger charge is -2.16. The number of oxime groups is 1. The van der Waals surface area contributed by atoms with Crippen molar-refractivity contribution < 1.29 is 14.7 Å². The fourth-order valence-corrected chi connectivity index (χ4v) is 2.19. The molecule has 1 aromatic rings. The molecular formula is C14H21N3O3. The second-order valence-corrected chi connectivity index (χ2v) is 4.78. The first-order valence-corrected chi connectivity index (χ1v) is 6.76. The lowest BCUT2D eigenvalue weighted by Crippen LogP contribution is -2.37. The minimum atomic E-state index is 0.0911. The molecule has 110 valence electrons. The fraction of sp³-hybridized carbons (Fsp3) is 0.500. The number of ether oxygens (including phenoxy) is 2. The van der Waals surface area contributed by atoms with Crippen molar-refractivity contribution in [3.63, 3.8) is 0 Å². The van der Waals surface area contributed by atoms with Crippen LogP contribution in [0.2, 0.25) is 0 Å². The smallest absolute Gasteiger partial charge is 0.170 e. The number of nitrogens with two attached hydrogens (primary N) is 1. The lowest BCUT2D eigenvalue weighted by atomic mass is 10.1. The molecule has 2 atom stereocenters. The molecule has 1 fully saturated rings. The van der Waals surface area contributed by atoms with Gasteiger partial charge in [-0.05, 0) is 37.6 Å². The molecule has 1 aromatic carbocycles. The van der Waals surface area contributed by atoms with Gasteiger partial charge in [0.1, 0.15) is 12.4 Å². The second kappa shape index (κ2) is 7.12. The molecule has 20 heavy (non-hydrogen) atoms. The number of benzene rings is 1. The Balaban J connectivity index is 1.71. The Hall–Kier alpha value is -1.79. The van der Waals surface area contributed by atoms with Crippen molar-refractivity contribution in [2.45, 2.75) is 25.5 Å². The SMILES string of the molecule is CC1OCCC1NCCOc1ccc(/C(N)=N/O)cc1. The molecule has 0 spiro atoms. The molecule has 1 aliphatic rings. The number of hydrogen-bond acceptors (Lipinski definition) is 5. The van der Waals surface area contributed by atoms with Crippen molar-refractivity contribution >= 4 is 5.84 Å². The highest BCUT2D eigenvalue weighted by molar-refractivity contribution is 5.97. The Bertz CT molecular complexity index is 447. The molecule has 0 amide bonds. The van der Waals surface area contributed by atoms with Crippen molar-refractivity contribution in [3.05, 3.63) is 29.8 Å². The molecule has 0 radical (unpaired) electrons. The molecule has 6 nitrogen and oxygen atoms in total. The van der Waals surface area contributed by atoms with E-state index in [1.165, 1.54) is 0 Å². The zero-order chi connectivity index (χ0) is 14.4. The van der Waals surface area contributed by atoms with Crippen LogP contribution < -0.4 is 15.8 Å². The number of rotatable bonds is 6. The number of amidine groups is 1. The Morgan fingerprint density at radius 2 is 2.25 bits per heavy atom. The summed E-state index contributed by atoms with van der Waals surface area (Å²) >= 11 is 0. The van der Waals surface area contributed by atoms with Gasteiger partial charge < -0.3 is 25.7 Å². The number of nitrogens with one attached hydrogen (secondary N) is 1. The molecule has 2 rings (SSSR count). The summed E-state index contributed by atoms with van der Waals surface area (Å²) in [7, 11) is 0. The van der Waals surface area contributed by atoms with E-state index in [1.54, 1.807) is 24.3 Å². The van der Waals surface area contributed by atoms with Crippen LogP contribution in [0.25, 0.3) is 0 Å². The lowest BCUT2D eigenvalue weighted by molar-refractivity contribution is 0.112. The van der Waals surface area contributed by atoms with E-state index in [1.807, 2.05) is 0 Å². The molecule has 4 N–H and O–H groups in total. The molecule has 0 saturated carbocycles. The van der Waals surface area contributed by atoms with Gasteiger partial charge in [0.25, 0.3) is 0 Å². The van der Waals surface area contributed by atoms with Gasteiger partial charge in [0.15, 0.2) is 5.84 Å². The summed E-state index contributed by atoms with van der Waals surface area (Å²) < 4.78 is 11.1. The van der Waals surface area contributed by atoms with Crippen molar-refractivity contribution in [2.24, 2.45) is 10.9 Å². The van der Waals surface area contributed by atoms with Gasteiger partial charge >= 0.3 is 0 Å². The Labute approximate surface area is 118 Å². The van der Waals surface area contributed by atoms with Crippen LogP contribution >= 0.6 is 0 Å². The van der Waals surface area contributed by atoms with E-state index in [0.717, 1.165) is 25.3 Å². The van der Waals surface area contributed by atoms with Gasteiger partial charge in [-0.1, -0.05) is 5.16 Å². The summed E-state index contributed by atoms with van der Waals surface area (Å²) in [6.07, 6.45) is 1.32. The average molecular weight is 279 g/mol. The van der Waals surface area contributed by atoms with E-state index in [4.69, 9.17) is 20.4 Å². The van der Waals surface area contributed by atoms with E-state index in [-0.39, 0.29) is 11.9 Å². The maximum Gasteiger partial charge on any atom is 0.170 e. The predicted molar refractivity (Wildman–Crippen MR) is 76.3 cm³/mol. The van der Waals surface area contributed by atoms with Gasteiger partial charge in [-0.3, -0.25) is 0 Å². The summed E-state index contributed by atoms with van der Waals surface area (Å²) in [6.45, 7) is 4.28. The van der Waals surface area contributed by atoms with Crippen LogP contribution in [0, 0.1) is 0 Å². The van der Waals surface area contributed by atoms with Gasteiger partial charge in [0, 0.05) is 24.8 Å². The summed E-state index contributed by atoms with van der Waals surface area (Å²) in [6, 6.07) is 7.53. The van der Waals surface area contributed by atoms with Gasteiger partial charge in [-0.25, -0.2) is 0 Å². The number of nitrogens with zero attached hydrogens (tertiary/aromatic N) is 1. The van der Waals surface area contributed by atoms with Crippen molar-refractivity contribution in [2.75, 3.05) is 19.8 Å². The summed E-state index contributed by atoms with van der Waals surface area (Å²) in [5.74, 6) is 0.852. The molecule has 1 saturated heterocycles. The first kappa shape index (κ1) is 14.6. The second-order valence-electron chi connectivity index (χ2n) is 4.78. The minimum absolute atomic E-state index is 0.0911.